The van der Waals surface area contributed by atoms with E-state index in [2.05, 4.69) is 27.2 Å². The quantitative estimate of drug-likeness (QED) is 0.485. The minimum absolute atomic E-state index is 0.117. The molecule has 2 rings (SSSR count). The van der Waals surface area contributed by atoms with Crippen molar-refractivity contribution in [3.63, 3.8) is 0 Å². The van der Waals surface area contributed by atoms with Gasteiger partial charge in [-0.25, -0.2) is 4.79 Å². The molecule has 1 aliphatic heterocycles. The van der Waals surface area contributed by atoms with Gasteiger partial charge >= 0.3 is 6.03 Å². The van der Waals surface area contributed by atoms with Crippen LogP contribution in [0, 0.1) is 12.3 Å². The Labute approximate surface area is 142 Å². The molecule has 1 N–H and O–H groups in total. The number of hydrogen-bond donors (Lipinski definition) is 1. The van der Waals surface area contributed by atoms with Crippen molar-refractivity contribution in [2.75, 3.05) is 20.3 Å². The molecule has 6 nitrogen and oxygen atoms in total. The molecular formula is C16H15BrN2O4. The highest BCUT2D eigenvalue weighted by Gasteiger charge is 2.30. The Morgan fingerprint density at radius 3 is 2.61 bits per heavy atom. The molecule has 0 unspecified atom stereocenters. The van der Waals surface area contributed by atoms with Crippen molar-refractivity contribution in [2.45, 2.75) is 6.92 Å². The van der Waals surface area contributed by atoms with Gasteiger partial charge in [-0.2, -0.15) is 0 Å². The summed E-state index contributed by atoms with van der Waals surface area (Å²) in [6.45, 7) is 2.41. The van der Waals surface area contributed by atoms with Crippen molar-refractivity contribution >= 4 is 33.9 Å². The first kappa shape index (κ1) is 16.9. The van der Waals surface area contributed by atoms with E-state index in [1.54, 1.807) is 18.2 Å². The van der Waals surface area contributed by atoms with Gasteiger partial charge in [-0.05, 0) is 30.7 Å². The first-order chi connectivity index (χ1) is 11.0. The van der Waals surface area contributed by atoms with E-state index in [-0.39, 0.29) is 12.3 Å². The summed E-state index contributed by atoms with van der Waals surface area (Å²) in [5.41, 5.74) is 0.860. The van der Waals surface area contributed by atoms with Crippen LogP contribution in [0.25, 0.3) is 6.08 Å². The predicted octanol–water partition coefficient (Wildman–Crippen LogP) is 2.38. The average Bonchev–Trinajstić information content (AvgIpc) is 2.76. The van der Waals surface area contributed by atoms with Crippen LogP contribution in [0.15, 0.2) is 22.3 Å². The van der Waals surface area contributed by atoms with Gasteiger partial charge in [0.05, 0.1) is 6.61 Å². The lowest BCUT2D eigenvalue weighted by Crippen LogP contribution is -2.25. The third-order valence-electron chi connectivity index (χ3n) is 3.06. The van der Waals surface area contributed by atoms with Crippen molar-refractivity contribution in [2.24, 2.45) is 0 Å². The molecule has 0 bridgehead atoms. The number of urea groups is 1. The number of benzene rings is 1. The van der Waals surface area contributed by atoms with Crippen molar-refractivity contribution < 1.29 is 19.1 Å². The van der Waals surface area contributed by atoms with E-state index in [0.29, 0.717) is 28.1 Å². The van der Waals surface area contributed by atoms with Gasteiger partial charge in [0, 0.05) is 11.5 Å². The smallest absolute Gasteiger partial charge is 0.328 e. The number of carbonyl (C=O) groups is 2. The first-order valence-corrected chi connectivity index (χ1v) is 7.60. The highest BCUT2D eigenvalue weighted by molar-refractivity contribution is 9.10. The summed E-state index contributed by atoms with van der Waals surface area (Å²) in [5, 5.41) is 2.51. The fourth-order valence-electron chi connectivity index (χ4n) is 1.94. The van der Waals surface area contributed by atoms with Crippen molar-refractivity contribution in [1.82, 2.24) is 10.2 Å². The van der Waals surface area contributed by atoms with Gasteiger partial charge in [0.1, 0.15) is 12.3 Å². The fourth-order valence-corrected chi connectivity index (χ4v) is 2.38. The molecular weight excluding hydrogens is 364 g/mol. The number of rotatable bonds is 5. The fraction of sp³-hybridized carbons (Fsp3) is 0.250. The maximum absolute atomic E-state index is 11.9. The number of hydrogen-bond acceptors (Lipinski definition) is 4. The molecule has 1 heterocycles. The van der Waals surface area contributed by atoms with Gasteiger partial charge in [0.15, 0.2) is 11.5 Å². The van der Waals surface area contributed by atoms with Crippen LogP contribution in [0.1, 0.15) is 12.5 Å². The molecule has 0 aliphatic carbocycles. The number of imide groups is 1. The number of nitrogens with zero attached hydrogens (tertiary/aromatic N) is 1. The zero-order valence-corrected chi connectivity index (χ0v) is 14.3. The lowest BCUT2D eigenvalue weighted by atomic mass is 10.1. The number of carbonyl (C=O) groups excluding carboxylic acids is 2. The number of terminal acetylenes is 1. The van der Waals surface area contributed by atoms with Gasteiger partial charge < -0.3 is 14.8 Å². The first-order valence-electron chi connectivity index (χ1n) is 6.81. The van der Waals surface area contributed by atoms with Gasteiger partial charge in [-0.1, -0.05) is 21.9 Å². The van der Waals surface area contributed by atoms with E-state index >= 15 is 0 Å². The second-order valence-corrected chi connectivity index (χ2v) is 5.45. The Hall–Kier alpha value is -2.46. The third-order valence-corrected chi connectivity index (χ3v) is 3.74. The van der Waals surface area contributed by atoms with Crippen LogP contribution < -0.4 is 14.8 Å². The van der Waals surface area contributed by atoms with Gasteiger partial charge in [-0.15, -0.1) is 6.42 Å². The van der Waals surface area contributed by atoms with E-state index in [1.807, 2.05) is 6.92 Å². The molecule has 0 saturated carbocycles. The summed E-state index contributed by atoms with van der Waals surface area (Å²) in [4.78, 5) is 24.4. The van der Waals surface area contributed by atoms with E-state index in [1.165, 1.54) is 7.05 Å². The maximum atomic E-state index is 11.9. The molecule has 0 atom stereocenters. The standard InChI is InChI=1S/C16H15BrN2O4/c1-4-6-23-14-9-11(17)10(8-13(14)22-5-2)7-12-15(20)19(3)16(21)18-12/h1,7-9H,5-6H2,2-3H3,(H,18,21)/b12-7+. The van der Waals surface area contributed by atoms with Crippen LogP contribution in [-0.4, -0.2) is 37.1 Å². The molecule has 1 fully saturated rings. The normalized spacial score (nSPS) is 15.6. The van der Waals surface area contributed by atoms with Crippen molar-refractivity contribution in [3.05, 3.63) is 27.9 Å². The highest BCUT2D eigenvalue weighted by atomic mass is 79.9. The second kappa shape index (κ2) is 7.20. The number of ether oxygens (including phenoxy) is 2. The molecule has 0 aromatic heterocycles. The summed E-state index contributed by atoms with van der Waals surface area (Å²) in [6, 6.07) is 2.96. The zero-order valence-electron chi connectivity index (χ0n) is 12.7. The van der Waals surface area contributed by atoms with E-state index in [9.17, 15) is 9.59 Å². The maximum Gasteiger partial charge on any atom is 0.328 e. The average molecular weight is 379 g/mol. The van der Waals surface area contributed by atoms with E-state index in [4.69, 9.17) is 15.9 Å². The van der Waals surface area contributed by atoms with E-state index < -0.39 is 11.9 Å². The molecule has 1 aromatic rings. The van der Waals surface area contributed by atoms with Crippen molar-refractivity contribution in [3.8, 4) is 23.8 Å². The Morgan fingerprint density at radius 1 is 1.35 bits per heavy atom. The Balaban J connectivity index is 2.40. The Kier molecular flexibility index (Phi) is 5.29. The van der Waals surface area contributed by atoms with E-state index in [0.717, 1.165) is 4.90 Å². The molecule has 23 heavy (non-hydrogen) atoms. The molecule has 7 heteroatoms. The number of halogens is 1. The van der Waals surface area contributed by atoms with Crippen LogP contribution in [0.4, 0.5) is 4.79 Å². The monoisotopic (exact) mass is 378 g/mol. The lowest BCUT2D eigenvalue weighted by Gasteiger charge is -2.12. The van der Waals surface area contributed by atoms with Gasteiger partial charge in [0.25, 0.3) is 5.91 Å². The lowest BCUT2D eigenvalue weighted by molar-refractivity contribution is -0.121. The molecule has 1 aliphatic rings. The Morgan fingerprint density at radius 2 is 2.04 bits per heavy atom. The van der Waals surface area contributed by atoms with Crippen LogP contribution in [0.2, 0.25) is 0 Å². The molecule has 3 amide bonds. The van der Waals surface area contributed by atoms with Gasteiger partial charge in [-0.3, -0.25) is 9.69 Å². The summed E-state index contributed by atoms with van der Waals surface area (Å²) < 4.78 is 11.7. The largest absolute Gasteiger partial charge is 0.490 e. The van der Waals surface area contributed by atoms with Crippen LogP contribution in [0.5, 0.6) is 11.5 Å². The highest BCUT2D eigenvalue weighted by Crippen LogP contribution is 2.35. The topological polar surface area (TPSA) is 67.9 Å². The third kappa shape index (κ3) is 3.66. The summed E-state index contributed by atoms with van der Waals surface area (Å²) in [5.74, 6) is 3.00. The van der Waals surface area contributed by atoms with Crippen LogP contribution in [0.3, 0.4) is 0 Å². The minimum atomic E-state index is -0.462. The molecule has 0 spiro atoms. The summed E-state index contributed by atoms with van der Waals surface area (Å²) in [7, 11) is 1.41. The Bertz CT molecular complexity index is 722. The summed E-state index contributed by atoms with van der Waals surface area (Å²) in [6.07, 6.45) is 6.77. The van der Waals surface area contributed by atoms with Crippen LogP contribution >= 0.6 is 15.9 Å². The SMILES string of the molecule is C#CCOc1cc(Br)c(/C=C2/NC(=O)N(C)C2=O)cc1OCC. The van der Waals surface area contributed by atoms with Gasteiger partial charge in [0.2, 0.25) is 0 Å². The zero-order chi connectivity index (χ0) is 17.0. The molecule has 120 valence electrons. The molecule has 1 saturated heterocycles. The molecule has 1 aromatic carbocycles. The second-order valence-electron chi connectivity index (χ2n) is 4.60. The number of likely N-dealkylation sites (N-methyl/N-ethyl adjacent to an activating group) is 1. The number of amides is 3. The molecule has 0 radical (unpaired) electrons. The van der Waals surface area contributed by atoms with Crippen molar-refractivity contribution in [1.29, 1.82) is 0 Å². The number of nitrogens with one attached hydrogen (secondary N) is 1. The van der Waals surface area contributed by atoms with Crippen LogP contribution in [-0.2, 0) is 4.79 Å². The summed E-state index contributed by atoms with van der Waals surface area (Å²) >= 11 is 3.41. The predicted molar refractivity (Wildman–Crippen MR) is 88.9 cm³/mol. The minimum Gasteiger partial charge on any atom is -0.490 e.